The summed E-state index contributed by atoms with van der Waals surface area (Å²) in [5.41, 5.74) is 0.852. The molecule has 1 aromatic heterocycles. The second-order valence-corrected chi connectivity index (χ2v) is 8.50. The molecule has 0 fully saturated rings. The molecule has 1 aromatic carbocycles. The molecule has 0 saturated heterocycles. The number of sulfonamides is 1. The van der Waals surface area contributed by atoms with Crippen LogP contribution in [0.1, 0.15) is 33.6 Å². The number of aromatic carboxylic acids is 1. The van der Waals surface area contributed by atoms with Crippen molar-refractivity contribution in [1.29, 1.82) is 0 Å². The van der Waals surface area contributed by atoms with Gasteiger partial charge in [-0.25, -0.2) is 13.2 Å². The lowest BCUT2D eigenvalue weighted by atomic mass is 9.96. The van der Waals surface area contributed by atoms with Crippen LogP contribution in [0.25, 0.3) is 0 Å². The summed E-state index contributed by atoms with van der Waals surface area (Å²) in [4.78, 5) is 12.6. The molecule has 5 nitrogen and oxygen atoms in total. The van der Waals surface area contributed by atoms with Gasteiger partial charge >= 0.3 is 5.97 Å². The predicted molar refractivity (Wildman–Crippen MR) is 90.2 cm³/mol. The third kappa shape index (κ3) is 3.22. The number of hydrogen-bond acceptors (Lipinski definition) is 4. The average molecular weight is 372 g/mol. The van der Waals surface area contributed by atoms with E-state index in [1.54, 1.807) is 0 Å². The van der Waals surface area contributed by atoms with Crippen LogP contribution in [-0.4, -0.2) is 19.5 Å². The van der Waals surface area contributed by atoms with E-state index < -0.39 is 16.0 Å². The highest BCUT2D eigenvalue weighted by atomic mass is 35.5. The topological polar surface area (TPSA) is 83.5 Å². The van der Waals surface area contributed by atoms with Crippen LogP contribution in [0.15, 0.2) is 29.2 Å². The zero-order chi connectivity index (χ0) is 16.6. The number of carboxylic acid groups (broad SMARTS) is 1. The third-order valence-corrected chi connectivity index (χ3v) is 6.69. The van der Waals surface area contributed by atoms with Crippen LogP contribution in [0.2, 0.25) is 5.02 Å². The molecule has 1 aliphatic carbocycles. The minimum atomic E-state index is -3.85. The Bertz CT molecular complexity index is 856. The van der Waals surface area contributed by atoms with Crippen molar-refractivity contribution in [1.82, 2.24) is 0 Å². The minimum absolute atomic E-state index is 0.0459. The lowest BCUT2D eigenvalue weighted by Gasteiger charge is -2.11. The largest absolute Gasteiger partial charge is 0.478 e. The van der Waals surface area contributed by atoms with E-state index in [1.807, 2.05) is 0 Å². The van der Waals surface area contributed by atoms with Gasteiger partial charge in [-0.05, 0) is 55.5 Å². The van der Waals surface area contributed by atoms with Crippen LogP contribution < -0.4 is 4.72 Å². The van der Waals surface area contributed by atoms with E-state index in [1.165, 1.54) is 35.6 Å². The third-order valence-electron chi connectivity index (χ3n) is 3.74. The summed E-state index contributed by atoms with van der Waals surface area (Å²) >= 11 is 6.98. The normalized spacial score (nSPS) is 14.3. The highest BCUT2D eigenvalue weighted by Crippen LogP contribution is 2.39. The summed E-state index contributed by atoms with van der Waals surface area (Å²) in [7, 11) is -3.85. The van der Waals surface area contributed by atoms with Crippen LogP contribution in [0, 0.1) is 0 Å². The van der Waals surface area contributed by atoms with E-state index in [9.17, 15) is 18.3 Å². The van der Waals surface area contributed by atoms with Crippen LogP contribution in [0.3, 0.4) is 0 Å². The molecule has 0 radical (unpaired) electrons. The van der Waals surface area contributed by atoms with E-state index in [4.69, 9.17) is 11.6 Å². The monoisotopic (exact) mass is 371 g/mol. The van der Waals surface area contributed by atoms with Gasteiger partial charge in [-0.15, -0.1) is 11.3 Å². The second kappa shape index (κ2) is 6.14. The zero-order valence-corrected chi connectivity index (χ0v) is 14.4. The second-order valence-electron chi connectivity index (χ2n) is 5.28. The van der Waals surface area contributed by atoms with Gasteiger partial charge in [0.25, 0.3) is 10.0 Å². The summed E-state index contributed by atoms with van der Waals surface area (Å²) in [6, 6.07) is 5.73. The molecule has 23 heavy (non-hydrogen) atoms. The fourth-order valence-electron chi connectivity index (χ4n) is 2.66. The number of carbonyl (C=O) groups is 1. The van der Waals surface area contributed by atoms with Gasteiger partial charge in [0.2, 0.25) is 0 Å². The van der Waals surface area contributed by atoms with Crippen LogP contribution in [-0.2, 0) is 22.9 Å². The van der Waals surface area contributed by atoms with Crippen molar-refractivity contribution in [2.45, 2.75) is 30.6 Å². The van der Waals surface area contributed by atoms with Crippen LogP contribution in [0.4, 0.5) is 5.00 Å². The minimum Gasteiger partial charge on any atom is -0.478 e. The van der Waals surface area contributed by atoms with Crippen molar-refractivity contribution in [2.75, 3.05) is 4.72 Å². The molecule has 0 amide bonds. The Balaban J connectivity index is 2.01. The van der Waals surface area contributed by atoms with Crippen molar-refractivity contribution < 1.29 is 18.3 Å². The maximum atomic E-state index is 12.5. The van der Waals surface area contributed by atoms with Gasteiger partial charge in [0, 0.05) is 9.90 Å². The molecule has 0 saturated carbocycles. The van der Waals surface area contributed by atoms with Gasteiger partial charge in [-0.1, -0.05) is 11.6 Å². The molecule has 122 valence electrons. The molecule has 2 aromatic rings. The molecule has 8 heteroatoms. The Labute approximate surface area is 143 Å². The highest BCUT2D eigenvalue weighted by Gasteiger charge is 2.27. The van der Waals surface area contributed by atoms with Gasteiger partial charge in [-0.2, -0.15) is 0 Å². The highest BCUT2D eigenvalue weighted by molar-refractivity contribution is 7.93. The molecule has 0 aliphatic heterocycles. The number of anilines is 1. The van der Waals surface area contributed by atoms with Crippen molar-refractivity contribution in [3.05, 3.63) is 45.3 Å². The van der Waals surface area contributed by atoms with Gasteiger partial charge < -0.3 is 5.11 Å². The summed E-state index contributed by atoms with van der Waals surface area (Å²) in [6.07, 6.45) is 3.39. The lowest BCUT2D eigenvalue weighted by molar-refractivity contribution is 0.0697. The first-order valence-corrected chi connectivity index (χ1v) is 9.72. The number of rotatable bonds is 4. The first kappa shape index (κ1) is 16.3. The summed E-state index contributed by atoms with van der Waals surface area (Å²) in [5, 5.41) is 10.1. The Morgan fingerprint density at radius 3 is 2.48 bits per heavy atom. The molecule has 1 aliphatic rings. The van der Waals surface area contributed by atoms with E-state index in [0.29, 0.717) is 11.4 Å². The zero-order valence-electron chi connectivity index (χ0n) is 12.0. The van der Waals surface area contributed by atoms with Crippen LogP contribution >= 0.6 is 22.9 Å². The van der Waals surface area contributed by atoms with E-state index in [-0.39, 0.29) is 15.5 Å². The molecule has 3 rings (SSSR count). The number of aryl methyl sites for hydroxylation is 1. The van der Waals surface area contributed by atoms with Gasteiger partial charge in [0.05, 0.1) is 10.5 Å². The van der Waals surface area contributed by atoms with Crippen molar-refractivity contribution in [3.63, 3.8) is 0 Å². The first-order chi connectivity index (χ1) is 10.9. The smallest absolute Gasteiger partial charge is 0.339 e. The van der Waals surface area contributed by atoms with Gasteiger partial charge in [-0.3, -0.25) is 4.72 Å². The molecular weight excluding hydrogens is 358 g/mol. The average Bonchev–Trinajstić information content (AvgIpc) is 2.84. The SMILES string of the molecule is O=C(O)c1c(NS(=O)(=O)c2ccc(Cl)cc2)sc2c1CCCC2. The Kier molecular flexibility index (Phi) is 4.35. The summed E-state index contributed by atoms with van der Waals surface area (Å²) in [5.74, 6) is -1.10. The first-order valence-electron chi connectivity index (χ1n) is 7.05. The fourth-order valence-corrected chi connectivity index (χ4v) is 5.37. The molecule has 1 heterocycles. The maximum absolute atomic E-state index is 12.5. The number of benzene rings is 1. The molecule has 0 atom stereocenters. The van der Waals surface area contributed by atoms with Crippen molar-refractivity contribution in [2.24, 2.45) is 0 Å². The Morgan fingerprint density at radius 2 is 1.83 bits per heavy atom. The number of thiophene rings is 1. The predicted octanol–water partition coefficient (Wildman–Crippen LogP) is 3.78. The fraction of sp³-hybridized carbons (Fsp3) is 0.267. The lowest BCUT2D eigenvalue weighted by Crippen LogP contribution is -2.14. The Morgan fingerprint density at radius 1 is 1.17 bits per heavy atom. The summed E-state index contributed by atoms with van der Waals surface area (Å²) in [6.45, 7) is 0. The molecular formula is C15H14ClNO4S2. The molecule has 0 spiro atoms. The van der Waals surface area contributed by atoms with Crippen LogP contribution in [0.5, 0.6) is 0 Å². The van der Waals surface area contributed by atoms with Gasteiger partial charge in [0.15, 0.2) is 0 Å². The molecule has 2 N–H and O–H groups in total. The summed E-state index contributed by atoms with van der Waals surface area (Å²) < 4.78 is 27.3. The maximum Gasteiger partial charge on any atom is 0.339 e. The number of nitrogens with one attached hydrogen (secondary N) is 1. The van der Waals surface area contributed by atoms with E-state index in [0.717, 1.165) is 29.7 Å². The van der Waals surface area contributed by atoms with E-state index >= 15 is 0 Å². The number of fused-ring (bicyclic) bond motifs is 1. The molecule has 0 bridgehead atoms. The van der Waals surface area contributed by atoms with E-state index in [2.05, 4.69) is 4.72 Å². The number of halogens is 1. The number of carboxylic acids is 1. The quantitative estimate of drug-likeness (QED) is 0.856. The van der Waals surface area contributed by atoms with Crippen molar-refractivity contribution >= 4 is 43.9 Å². The number of hydrogen-bond donors (Lipinski definition) is 2. The van der Waals surface area contributed by atoms with Crippen molar-refractivity contribution in [3.8, 4) is 0 Å². The Hall–Kier alpha value is -1.57. The standard InChI is InChI=1S/C15H14ClNO4S2/c16-9-5-7-10(8-6-9)23(20,21)17-14-13(15(18)19)11-3-1-2-4-12(11)22-14/h5-8,17H,1-4H2,(H,18,19). The molecule has 0 unspecified atom stereocenters. The van der Waals surface area contributed by atoms with Gasteiger partial charge in [0.1, 0.15) is 5.00 Å².